The first kappa shape index (κ1) is 21.0. The number of hydrogen-bond acceptors (Lipinski definition) is 9. The molecule has 4 aromatic rings. The van der Waals surface area contributed by atoms with Crippen LogP contribution in [0.3, 0.4) is 0 Å². The Morgan fingerprint density at radius 2 is 1.78 bits per heavy atom. The summed E-state index contributed by atoms with van der Waals surface area (Å²) in [5.74, 6) is 1.05. The molecule has 0 spiro atoms. The third-order valence-corrected chi connectivity index (χ3v) is 4.84. The van der Waals surface area contributed by atoms with Crippen LogP contribution in [-0.4, -0.2) is 49.2 Å². The van der Waals surface area contributed by atoms with E-state index in [-0.39, 0.29) is 12.3 Å². The molecule has 4 rings (SSSR count). The molecule has 0 N–H and O–H groups in total. The summed E-state index contributed by atoms with van der Waals surface area (Å²) in [6.45, 7) is 2.11. The maximum atomic E-state index is 12.3. The van der Waals surface area contributed by atoms with Crippen molar-refractivity contribution in [1.82, 2.24) is 35.0 Å². The predicted molar refractivity (Wildman–Crippen MR) is 114 cm³/mol. The number of hydrogen-bond donors (Lipinski definition) is 0. The van der Waals surface area contributed by atoms with Crippen molar-refractivity contribution in [2.24, 2.45) is 7.05 Å². The van der Waals surface area contributed by atoms with E-state index >= 15 is 0 Å². The minimum atomic E-state index is -0.344. The average Bonchev–Trinajstić information content (AvgIpc) is 3.15. The van der Waals surface area contributed by atoms with Gasteiger partial charge < -0.3 is 14.2 Å². The lowest BCUT2D eigenvalue weighted by Gasteiger charge is -2.13. The first-order valence-corrected chi connectivity index (χ1v) is 9.65. The Balaban J connectivity index is 1.65. The molecule has 0 fully saturated rings. The molecule has 3 aromatic heterocycles. The fraction of sp³-hybridized carbons (Fsp3) is 0.238. The molecule has 0 aliphatic rings. The normalized spacial score (nSPS) is 10.8. The van der Waals surface area contributed by atoms with Crippen LogP contribution in [0.4, 0.5) is 0 Å². The number of rotatable bonds is 7. The van der Waals surface area contributed by atoms with E-state index in [4.69, 9.17) is 14.2 Å². The summed E-state index contributed by atoms with van der Waals surface area (Å²) in [7, 11) is 4.56. The van der Waals surface area contributed by atoms with Crippen LogP contribution in [0.25, 0.3) is 16.9 Å². The van der Waals surface area contributed by atoms with E-state index in [2.05, 4.69) is 25.6 Å². The van der Waals surface area contributed by atoms with Gasteiger partial charge in [-0.2, -0.15) is 9.36 Å². The molecular formula is C21H21N7O4. The first-order valence-electron chi connectivity index (χ1n) is 9.65. The van der Waals surface area contributed by atoms with Crippen molar-refractivity contribution in [2.75, 3.05) is 14.2 Å². The fourth-order valence-corrected chi connectivity index (χ4v) is 3.13. The van der Waals surface area contributed by atoms with Crippen LogP contribution in [0.5, 0.6) is 17.6 Å². The number of benzene rings is 1. The molecule has 0 unspecified atom stereocenters. The second-order valence-corrected chi connectivity index (χ2v) is 6.83. The van der Waals surface area contributed by atoms with Crippen LogP contribution in [0.1, 0.15) is 11.1 Å². The number of pyridine rings is 1. The highest BCUT2D eigenvalue weighted by molar-refractivity contribution is 5.66. The lowest BCUT2D eigenvalue weighted by atomic mass is 10.1. The maximum absolute atomic E-state index is 12.3. The van der Waals surface area contributed by atoms with Gasteiger partial charge in [-0.15, -0.1) is 10.2 Å². The van der Waals surface area contributed by atoms with Crippen LogP contribution in [-0.2, 0) is 13.7 Å². The molecule has 0 saturated carbocycles. The highest BCUT2D eigenvalue weighted by atomic mass is 16.5. The van der Waals surface area contributed by atoms with Gasteiger partial charge in [0.1, 0.15) is 6.61 Å². The Morgan fingerprint density at radius 3 is 2.50 bits per heavy atom. The molecule has 32 heavy (non-hydrogen) atoms. The molecule has 0 amide bonds. The Morgan fingerprint density at radius 1 is 0.969 bits per heavy atom. The Bertz CT molecular complexity index is 1320. The monoisotopic (exact) mass is 435 g/mol. The molecule has 1 aromatic carbocycles. The zero-order valence-corrected chi connectivity index (χ0v) is 18.0. The average molecular weight is 435 g/mol. The summed E-state index contributed by atoms with van der Waals surface area (Å²) in [6.07, 6.45) is 0. The van der Waals surface area contributed by atoms with Gasteiger partial charge in [0.2, 0.25) is 17.6 Å². The second kappa shape index (κ2) is 8.84. The Labute approximate surface area is 183 Å². The van der Waals surface area contributed by atoms with Gasteiger partial charge in [-0.3, -0.25) is 0 Å². The van der Waals surface area contributed by atoms with Crippen LogP contribution < -0.4 is 19.9 Å². The molecule has 0 atom stereocenters. The number of tetrazole rings is 1. The first-order chi connectivity index (χ1) is 15.5. The predicted octanol–water partition coefficient (Wildman–Crippen LogP) is 1.72. The summed E-state index contributed by atoms with van der Waals surface area (Å²) in [4.78, 5) is 16.9. The largest absolute Gasteiger partial charge is 0.480 e. The molecule has 0 aliphatic heterocycles. The van der Waals surface area contributed by atoms with E-state index < -0.39 is 0 Å². The third-order valence-electron chi connectivity index (χ3n) is 4.84. The highest BCUT2D eigenvalue weighted by Gasteiger charge is 2.15. The van der Waals surface area contributed by atoms with Crippen LogP contribution in [0, 0.1) is 6.92 Å². The van der Waals surface area contributed by atoms with Gasteiger partial charge in [-0.1, -0.05) is 18.2 Å². The lowest BCUT2D eigenvalue weighted by molar-refractivity contribution is 0.293. The van der Waals surface area contributed by atoms with Crippen LogP contribution >= 0.6 is 0 Å². The number of methoxy groups -OCH3 is 2. The zero-order valence-electron chi connectivity index (χ0n) is 18.0. The van der Waals surface area contributed by atoms with E-state index in [1.165, 1.54) is 23.6 Å². The van der Waals surface area contributed by atoms with Crippen molar-refractivity contribution in [2.45, 2.75) is 13.5 Å². The topological polar surface area (TPSA) is 119 Å². The van der Waals surface area contributed by atoms with E-state index in [0.29, 0.717) is 34.6 Å². The summed E-state index contributed by atoms with van der Waals surface area (Å²) < 4.78 is 18.9. The molecular weight excluding hydrogens is 414 g/mol. The van der Waals surface area contributed by atoms with Gasteiger partial charge in [0, 0.05) is 24.7 Å². The summed E-state index contributed by atoms with van der Waals surface area (Å²) in [5, 5.41) is 15.6. The van der Waals surface area contributed by atoms with Crippen molar-refractivity contribution in [1.29, 1.82) is 0 Å². The number of aryl methyl sites for hydroxylation is 2. The molecule has 3 heterocycles. The van der Waals surface area contributed by atoms with Crippen molar-refractivity contribution < 1.29 is 14.2 Å². The molecule has 11 nitrogen and oxygen atoms in total. The van der Waals surface area contributed by atoms with Gasteiger partial charge in [0.15, 0.2) is 0 Å². The summed E-state index contributed by atoms with van der Waals surface area (Å²) >= 11 is 0. The molecule has 0 bridgehead atoms. The Hall–Kier alpha value is -4.28. The van der Waals surface area contributed by atoms with E-state index in [1.807, 2.05) is 31.2 Å². The van der Waals surface area contributed by atoms with Gasteiger partial charge in [-0.05, 0) is 35.0 Å². The van der Waals surface area contributed by atoms with E-state index in [0.717, 1.165) is 11.1 Å². The molecule has 164 valence electrons. The van der Waals surface area contributed by atoms with Crippen LogP contribution in [0.15, 0.2) is 47.3 Å². The van der Waals surface area contributed by atoms with Crippen LogP contribution in [0.2, 0.25) is 0 Å². The number of nitrogens with zero attached hydrogens (tertiary/aromatic N) is 7. The van der Waals surface area contributed by atoms with Crippen molar-refractivity contribution in [3.8, 4) is 34.6 Å². The maximum Gasteiger partial charge on any atom is 0.368 e. The summed E-state index contributed by atoms with van der Waals surface area (Å²) in [6, 6.07) is 12.6. The van der Waals surface area contributed by atoms with Gasteiger partial charge in [-0.25, -0.2) is 9.78 Å². The zero-order chi connectivity index (χ0) is 22.7. The Kier molecular flexibility index (Phi) is 5.79. The van der Waals surface area contributed by atoms with Gasteiger partial charge in [0.25, 0.3) is 0 Å². The number of ether oxygens (including phenoxy) is 3. The van der Waals surface area contributed by atoms with Gasteiger partial charge >= 0.3 is 5.69 Å². The highest BCUT2D eigenvalue weighted by Crippen LogP contribution is 2.30. The molecule has 0 saturated heterocycles. The number of aromatic nitrogens is 7. The van der Waals surface area contributed by atoms with Crippen molar-refractivity contribution >= 4 is 0 Å². The molecule has 0 aliphatic carbocycles. The minimum absolute atomic E-state index is 0.177. The van der Waals surface area contributed by atoms with E-state index in [1.54, 1.807) is 25.2 Å². The minimum Gasteiger partial charge on any atom is -0.480 e. The summed E-state index contributed by atoms with van der Waals surface area (Å²) in [5.41, 5.74) is 3.20. The standard InChI is InChI=1S/C21H21N7O4/c1-13-7-5-9-17(28-21(29)27(2)25-26-28)15(13)12-32-18-10-6-8-16(22-18)14-11-19(30-3)23-24-20(14)31-4/h5-11H,12H2,1-4H3. The molecule has 11 heteroatoms. The fourth-order valence-electron chi connectivity index (χ4n) is 3.13. The third kappa shape index (κ3) is 4.00. The molecule has 0 radical (unpaired) electrons. The SMILES string of the molecule is COc1cc(-c2cccc(OCc3c(C)cccc3-n3nnn(C)c3=O)n2)c(OC)nn1. The van der Waals surface area contributed by atoms with Gasteiger partial charge in [0.05, 0.1) is 31.2 Å². The van der Waals surface area contributed by atoms with Crippen molar-refractivity contribution in [3.63, 3.8) is 0 Å². The smallest absolute Gasteiger partial charge is 0.368 e. The van der Waals surface area contributed by atoms with E-state index in [9.17, 15) is 4.79 Å². The van der Waals surface area contributed by atoms with Crippen molar-refractivity contribution in [3.05, 3.63) is 64.1 Å². The quantitative estimate of drug-likeness (QED) is 0.427. The second-order valence-electron chi connectivity index (χ2n) is 6.83. The lowest BCUT2D eigenvalue weighted by Crippen LogP contribution is -2.23.